The number of aromatic nitrogens is 1. The lowest BCUT2D eigenvalue weighted by Gasteiger charge is -2.14. The minimum Gasteiger partial charge on any atom is -0.307 e. The molecule has 0 aliphatic carbocycles. The van der Waals surface area contributed by atoms with Gasteiger partial charge in [-0.15, -0.1) is 11.3 Å². The lowest BCUT2D eigenvalue weighted by Crippen LogP contribution is -2.17. The van der Waals surface area contributed by atoms with E-state index in [-0.39, 0.29) is 6.04 Å². The van der Waals surface area contributed by atoms with Gasteiger partial charge in [0.1, 0.15) is 5.01 Å². The van der Waals surface area contributed by atoms with E-state index in [2.05, 4.69) is 23.3 Å². The summed E-state index contributed by atoms with van der Waals surface area (Å²) < 4.78 is 0. The molecule has 1 aromatic heterocycles. The van der Waals surface area contributed by atoms with Gasteiger partial charge in [-0.1, -0.05) is 23.7 Å². The van der Waals surface area contributed by atoms with Crippen molar-refractivity contribution in [1.29, 1.82) is 0 Å². The molecule has 17 heavy (non-hydrogen) atoms. The zero-order chi connectivity index (χ0) is 12.4. The summed E-state index contributed by atoms with van der Waals surface area (Å²) in [5.74, 6) is 0. The Kier molecular flexibility index (Phi) is 3.82. The van der Waals surface area contributed by atoms with Gasteiger partial charge in [0, 0.05) is 9.90 Å². The average Bonchev–Trinajstić information content (AvgIpc) is 2.60. The van der Waals surface area contributed by atoms with Gasteiger partial charge in [-0.05, 0) is 38.6 Å². The maximum Gasteiger partial charge on any atom is 0.115 e. The van der Waals surface area contributed by atoms with E-state index in [4.69, 9.17) is 11.6 Å². The normalized spacial score (nSPS) is 12.7. The van der Waals surface area contributed by atoms with Crippen molar-refractivity contribution in [3.8, 4) is 0 Å². The molecule has 1 atom stereocenters. The number of benzene rings is 1. The highest BCUT2D eigenvalue weighted by Gasteiger charge is 2.16. The highest BCUT2D eigenvalue weighted by molar-refractivity contribution is 7.11. The van der Waals surface area contributed by atoms with Crippen LogP contribution in [0.5, 0.6) is 0 Å². The third-order valence-corrected chi connectivity index (χ3v) is 4.14. The molecule has 0 saturated heterocycles. The van der Waals surface area contributed by atoms with Crippen molar-refractivity contribution >= 4 is 22.9 Å². The number of hydrogen-bond acceptors (Lipinski definition) is 3. The average molecular weight is 267 g/mol. The Morgan fingerprint density at radius 2 is 2.12 bits per heavy atom. The minimum absolute atomic E-state index is 0.117. The summed E-state index contributed by atoms with van der Waals surface area (Å²) >= 11 is 7.76. The van der Waals surface area contributed by atoms with Crippen LogP contribution in [0.4, 0.5) is 0 Å². The zero-order valence-corrected chi connectivity index (χ0v) is 11.7. The minimum atomic E-state index is 0.117. The van der Waals surface area contributed by atoms with E-state index in [1.54, 1.807) is 11.3 Å². The molecule has 0 aliphatic rings. The number of rotatable bonds is 3. The summed E-state index contributed by atoms with van der Waals surface area (Å²) in [6.07, 6.45) is 0. The topological polar surface area (TPSA) is 24.9 Å². The second-order valence-electron chi connectivity index (χ2n) is 3.97. The van der Waals surface area contributed by atoms with Gasteiger partial charge in [0.05, 0.1) is 11.7 Å². The first-order valence-corrected chi connectivity index (χ1v) is 6.68. The summed E-state index contributed by atoms with van der Waals surface area (Å²) in [7, 11) is 1.94. The molecular weight excluding hydrogens is 252 g/mol. The predicted octanol–water partition coefficient (Wildman–Crippen LogP) is 3.72. The Morgan fingerprint density at radius 3 is 2.65 bits per heavy atom. The molecule has 90 valence electrons. The lowest BCUT2D eigenvalue weighted by molar-refractivity contribution is 0.685. The first-order chi connectivity index (χ1) is 8.11. The van der Waals surface area contributed by atoms with Crippen LogP contribution >= 0.6 is 22.9 Å². The predicted molar refractivity (Wildman–Crippen MR) is 73.9 cm³/mol. The SMILES string of the molecule is CNC(c1cccc(Cl)c1)c1nc(C)c(C)s1. The van der Waals surface area contributed by atoms with E-state index < -0.39 is 0 Å². The molecule has 1 N–H and O–H groups in total. The van der Waals surface area contributed by atoms with Gasteiger partial charge < -0.3 is 5.32 Å². The molecule has 2 rings (SSSR count). The van der Waals surface area contributed by atoms with Crippen molar-refractivity contribution in [2.75, 3.05) is 7.05 Å². The van der Waals surface area contributed by atoms with E-state index >= 15 is 0 Å². The lowest BCUT2D eigenvalue weighted by atomic mass is 10.1. The summed E-state index contributed by atoms with van der Waals surface area (Å²) in [5, 5.41) is 5.14. The molecule has 0 fully saturated rings. The molecule has 0 radical (unpaired) electrons. The van der Waals surface area contributed by atoms with Crippen LogP contribution in [0, 0.1) is 13.8 Å². The summed E-state index contributed by atoms with van der Waals surface area (Å²) in [5.41, 5.74) is 2.25. The molecule has 1 unspecified atom stereocenters. The van der Waals surface area contributed by atoms with Gasteiger partial charge in [-0.2, -0.15) is 0 Å². The first kappa shape index (κ1) is 12.6. The second-order valence-corrected chi connectivity index (χ2v) is 5.64. The molecule has 2 aromatic rings. The van der Waals surface area contributed by atoms with Crippen molar-refractivity contribution in [1.82, 2.24) is 10.3 Å². The molecular formula is C13H15ClN2S. The van der Waals surface area contributed by atoms with Crippen molar-refractivity contribution in [3.05, 3.63) is 50.4 Å². The maximum absolute atomic E-state index is 6.03. The number of hydrogen-bond donors (Lipinski definition) is 1. The molecule has 1 heterocycles. The highest BCUT2D eigenvalue weighted by Crippen LogP contribution is 2.28. The molecule has 0 spiro atoms. The Bertz CT molecular complexity index is 502. The fourth-order valence-electron chi connectivity index (χ4n) is 1.74. The fourth-order valence-corrected chi connectivity index (χ4v) is 3.00. The Balaban J connectivity index is 2.39. The van der Waals surface area contributed by atoms with Crippen molar-refractivity contribution < 1.29 is 0 Å². The second kappa shape index (κ2) is 5.17. The van der Waals surface area contributed by atoms with Crippen molar-refractivity contribution in [2.45, 2.75) is 19.9 Å². The number of aryl methyl sites for hydroxylation is 2. The number of nitrogens with zero attached hydrogens (tertiary/aromatic N) is 1. The summed E-state index contributed by atoms with van der Waals surface area (Å²) in [6.45, 7) is 4.14. The number of halogens is 1. The molecule has 0 amide bonds. The van der Waals surface area contributed by atoms with Crippen molar-refractivity contribution in [3.63, 3.8) is 0 Å². The van der Waals surface area contributed by atoms with Gasteiger partial charge >= 0.3 is 0 Å². The van der Waals surface area contributed by atoms with Gasteiger partial charge in [0.15, 0.2) is 0 Å². The maximum atomic E-state index is 6.03. The van der Waals surface area contributed by atoms with Crippen LogP contribution in [-0.4, -0.2) is 12.0 Å². The molecule has 4 heteroatoms. The first-order valence-electron chi connectivity index (χ1n) is 5.48. The third kappa shape index (κ3) is 2.68. The van der Waals surface area contributed by atoms with Crippen LogP contribution in [0.2, 0.25) is 5.02 Å². The molecule has 0 aliphatic heterocycles. The number of nitrogens with one attached hydrogen (secondary N) is 1. The largest absolute Gasteiger partial charge is 0.307 e. The van der Waals surface area contributed by atoms with Crippen LogP contribution in [0.1, 0.15) is 27.2 Å². The van der Waals surface area contributed by atoms with E-state index in [0.29, 0.717) is 0 Å². The third-order valence-electron chi connectivity index (χ3n) is 2.76. The Morgan fingerprint density at radius 1 is 1.35 bits per heavy atom. The standard InChI is InChI=1S/C13H15ClN2S/c1-8-9(2)17-13(16-8)12(15-3)10-5-4-6-11(14)7-10/h4-7,12,15H,1-3H3. The van der Waals surface area contributed by atoms with Crippen LogP contribution in [-0.2, 0) is 0 Å². The smallest absolute Gasteiger partial charge is 0.115 e. The van der Waals surface area contributed by atoms with Gasteiger partial charge in [-0.25, -0.2) is 4.98 Å². The van der Waals surface area contributed by atoms with Gasteiger partial charge in [-0.3, -0.25) is 0 Å². The van der Waals surface area contributed by atoms with Crippen LogP contribution in [0.25, 0.3) is 0 Å². The van der Waals surface area contributed by atoms with E-state index in [9.17, 15) is 0 Å². The molecule has 2 nitrogen and oxygen atoms in total. The number of thiazole rings is 1. The highest BCUT2D eigenvalue weighted by atomic mass is 35.5. The molecule has 0 saturated carbocycles. The van der Waals surface area contributed by atoms with Crippen LogP contribution in [0.3, 0.4) is 0 Å². The zero-order valence-electron chi connectivity index (χ0n) is 10.1. The van der Waals surface area contributed by atoms with Crippen LogP contribution < -0.4 is 5.32 Å². The Hall–Kier alpha value is -0.900. The Labute approximate surface area is 111 Å². The van der Waals surface area contributed by atoms with Gasteiger partial charge in [0.2, 0.25) is 0 Å². The van der Waals surface area contributed by atoms with Gasteiger partial charge in [0.25, 0.3) is 0 Å². The molecule has 1 aromatic carbocycles. The summed E-state index contributed by atoms with van der Waals surface area (Å²) in [6, 6.07) is 8.02. The van der Waals surface area contributed by atoms with Crippen molar-refractivity contribution in [2.24, 2.45) is 0 Å². The fraction of sp³-hybridized carbons (Fsp3) is 0.308. The summed E-state index contributed by atoms with van der Waals surface area (Å²) in [4.78, 5) is 5.87. The monoisotopic (exact) mass is 266 g/mol. The van der Waals surface area contributed by atoms with E-state index in [1.807, 2.05) is 32.2 Å². The molecule has 0 bridgehead atoms. The van der Waals surface area contributed by atoms with E-state index in [0.717, 1.165) is 21.3 Å². The quantitative estimate of drug-likeness (QED) is 0.916. The van der Waals surface area contributed by atoms with E-state index in [1.165, 1.54) is 4.88 Å². The van der Waals surface area contributed by atoms with Crippen LogP contribution in [0.15, 0.2) is 24.3 Å².